The van der Waals surface area contributed by atoms with Crippen LogP contribution in [0.25, 0.3) is 0 Å². The Bertz CT molecular complexity index is 593. The van der Waals surface area contributed by atoms with E-state index in [1.54, 1.807) is 24.4 Å². The first-order valence-electron chi connectivity index (χ1n) is 9.12. The fraction of sp³-hybridized carbons (Fsp3) is 0.632. The molecule has 0 aliphatic heterocycles. The van der Waals surface area contributed by atoms with Crippen molar-refractivity contribution in [2.75, 3.05) is 13.1 Å². The van der Waals surface area contributed by atoms with Gasteiger partial charge in [-0.25, -0.2) is 0 Å². The molecule has 1 heterocycles. The lowest BCUT2D eigenvalue weighted by Crippen LogP contribution is -2.54. The first kappa shape index (κ1) is 15.6. The Morgan fingerprint density at radius 3 is 2.21 bits per heavy atom. The average Bonchev–Trinajstić information content (AvgIpc) is 2.58. The summed E-state index contributed by atoms with van der Waals surface area (Å²) in [6.45, 7) is 0.923. The van der Waals surface area contributed by atoms with E-state index >= 15 is 0 Å². The highest BCUT2D eigenvalue weighted by molar-refractivity contribution is 5.92. The van der Waals surface area contributed by atoms with Crippen LogP contribution < -0.4 is 10.6 Å². The zero-order chi connectivity index (χ0) is 16.6. The van der Waals surface area contributed by atoms with Crippen LogP contribution in [-0.4, -0.2) is 29.9 Å². The molecular weight excluding hydrogens is 302 g/mol. The number of rotatable bonds is 5. The number of hydrogen-bond donors (Lipinski definition) is 2. The molecule has 1 aromatic heterocycles. The van der Waals surface area contributed by atoms with Gasteiger partial charge < -0.3 is 10.6 Å². The molecule has 4 bridgehead atoms. The molecule has 0 aromatic carbocycles. The Morgan fingerprint density at radius 2 is 1.62 bits per heavy atom. The van der Waals surface area contributed by atoms with E-state index in [1.807, 2.05) is 0 Å². The number of pyridine rings is 1. The minimum absolute atomic E-state index is 0.111. The summed E-state index contributed by atoms with van der Waals surface area (Å²) in [6.07, 6.45) is 8.84. The summed E-state index contributed by atoms with van der Waals surface area (Å²) in [5.74, 6) is 2.33. The molecule has 5 nitrogen and oxygen atoms in total. The highest BCUT2D eigenvalue weighted by atomic mass is 16.2. The standard InChI is InChI=1S/C19H25N3O2/c23-17(16-3-1-2-4-20-16)21-5-6-22-18(24)19-10-13-7-14(11-19)9-15(8-13)12-19/h1-4,13-15H,5-12H2,(H,21,23)(H,22,24). The van der Waals surface area contributed by atoms with Crippen molar-refractivity contribution in [1.82, 2.24) is 15.6 Å². The summed E-state index contributed by atoms with van der Waals surface area (Å²) in [6, 6.07) is 5.25. The smallest absolute Gasteiger partial charge is 0.269 e. The molecule has 0 spiro atoms. The molecular formula is C19H25N3O2. The third-order valence-corrected chi connectivity index (χ3v) is 6.11. The van der Waals surface area contributed by atoms with Gasteiger partial charge in [0.1, 0.15) is 5.69 Å². The average molecular weight is 327 g/mol. The lowest BCUT2D eigenvalue weighted by molar-refractivity contribution is -0.146. The molecule has 128 valence electrons. The third-order valence-electron chi connectivity index (χ3n) is 6.11. The quantitative estimate of drug-likeness (QED) is 0.814. The van der Waals surface area contributed by atoms with Crippen molar-refractivity contribution in [1.29, 1.82) is 0 Å². The second-order valence-corrected chi connectivity index (χ2v) is 7.92. The summed E-state index contributed by atoms with van der Waals surface area (Å²) in [7, 11) is 0. The maximum Gasteiger partial charge on any atom is 0.269 e. The van der Waals surface area contributed by atoms with Crippen molar-refractivity contribution in [3.63, 3.8) is 0 Å². The molecule has 4 fully saturated rings. The zero-order valence-corrected chi connectivity index (χ0v) is 14.0. The van der Waals surface area contributed by atoms with E-state index in [1.165, 1.54) is 19.3 Å². The minimum Gasteiger partial charge on any atom is -0.354 e. The molecule has 0 atom stereocenters. The molecule has 4 aliphatic carbocycles. The Balaban J connectivity index is 1.26. The lowest BCUT2D eigenvalue weighted by Gasteiger charge is -2.55. The summed E-state index contributed by atoms with van der Waals surface area (Å²) in [5.41, 5.74) is 0.296. The van der Waals surface area contributed by atoms with Crippen LogP contribution in [0.5, 0.6) is 0 Å². The SMILES string of the molecule is O=C(NCCNC(=O)C12CC3CC(CC(C3)C1)C2)c1ccccn1. The molecule has 0 radical (unpaired) electrons. The molecule has 4 aliphatic rings. The molecule has 5 heteroatoms. The molecule has 4 saturated carbocycles. The van der Waals surface area contributed by atoms with Crippen LogP contribution in [0, 0.1) is 23.2 Å². The van der Waals surface area contributed by atoms with Crippen molar-refractivity contribution < 1.29 is 9.59 Å². The van der Waals surface area contributed by atoms with Crippen LogP contribution in [0.15, 0.2) is 24.4 Å². The van der Waals surface area contributed by atoms with E-state index in [0.717, 1.165) is 37.0 Å². The topological polar surface area (TPSA) is 71.1 Å². The molecule has 2 amide bonds. The van der Waals surface area contributed by atoms with Gasteiger partial charge in [0.25, 0.3) is 5.91 Å². The lowest BCUT2D eigenvalue weighted by atomic mass is 9.49. The van der Waals surface area contributed by atoms with Gasteiger partial charge >= 0.3 is 0 Å². The maximum atomic E-state index is 12.8. The fourth-order valence-corrected chi connectivity index (χ4v) is 5.52. The van der Waals surface area contributed by atoms with Gasteiger partial charge in [-0.3, -0.25) is 14.6 Å². The van der Waals surface area contributed by atoms with Gasteiger partial charge in [-0.2, -0.15) is 0 Å². The van der Waals surface area contributed by atoms with Gasteiger partial charge in [0.05, 0.1) is 0 Å². The Labute approximate surface area is 142 Å². The monoisotopic (exact) mass is 327 g/mol. The number of nitrogens with zero attached hydrogens (tertiary/aromatic N) is 1. The van der Waals surface area contributed by atoms with Gasteiger partial charge in [-0.1, -0.05) is 6.07 Å². The summed E-state index contributed by atoms with van der Waals surface area (Å²) in [5, 5.41) is 5.88. The van der Waals surface area contributed by atoms with Crippen molar-refractivity contribution in [2.45, 2.75) is 38.5 Å². The molecule has 5 rings (SSSR count). The van der Waals surface area contributed by atoms with Crippen LogP contribution in [-0.2, 0) is 4.79 Å². The van der Waals surface area contributed by atoms with Crippen LogP contribution >= 0.6 is 0 Å². The number of nitrogens with one attached hydrogen (secondary N) is 2. The first-order chi connectivity index (χ1) is 11.6. The van der Waals surface area contributed by atoms with Gasteiger partial charge in [-0.15, -0.1) is 0 Å². The molecule has 1 aromatic rings. The summed E-state index contributed by atoms with van der Waals surface area (Å²) < 4.78 is 0. The highest BCUT2D eigenvalue weighted by Crippen LogP contribution is 2.60. The largest absolute Gasteiger partial charge is 0.354 e. The predicted octanol–water partition coefficient (Wildman–Crippen LogP) is 2.14. The van der Waals surface area contributed by atoms with Crippen molar-refractivity contribution >= 4 is 11.8 Å². The molecule has 24 heavy (non-hydrogen) atoms. The normalized spacial score (nSPS) is 33.2. The van der Waals surface area contributed by atoms with E-state index in [-0.39, 0.29) is 17.2 Å². The highest BCUT2D eigenvalue weighted by Gasteiger charge is 2.54. The number of aromatic nitrogens is 1. The van der Waals surface area contributed by atoms with E-state index in [9.17, 15) is 9.59 Å². The zero-order valence-electron chi connectivity index (χ0n) is 14.0. The van der Waals surface area contributed by atoms with Crippen LogP contribution in [0.1, 0.15) is 49.0 Å². The minimum atomic E-state index is -0.195. The Morgan fingerprint density at radius 1 is 1.00 bits per heavy atom. The van der Waals surface area contributed by atoms with Crippen LogP contribution in [0.4, 0.5) is 0 Å². The number of amides is 2. The molecule has 2 N–H and O–H groups in total. The fourth-order valence-electron chi connectivity index (χ4n) is 5.52. The van der Waals surface area contributed by atoms with Gasteiger partial charge in [-0.05, 0) is 68.4 Å². The Kier molecular flexibility index (Phi) is 4.02. The predicted molar refractivity (Wildman–Crippen MR) is 90.2 cm³/mol. The number of hydrogen-bond acceptors (Lipinski definition) is 3. The van der Waals surface area contributed by atoms with E-state index in [2.05, 4.69) is 15.6 Å². The summed E-state index contributed by atoms with van der Waals surface area (Å²) in [4.78, 5) is 28.7. The van der Waals surface area contributed by atoms with Crippen molar-refractivity contribution in [2.24, 2.45) is 23.2 Å². The second-order valence-electron chi connectivity index (χ2n) is 7.92. The van der Waals surface area contributed by atoms with Crippen LogP contribution in [0.3, 0.4) is 0 Å². The van der Waals surface area contributed by atoms with E-state index < -0.39 is 0 Å². The van der Waals surface area contributed by atoms with E-state index in [4.69, 9.17) is 0 Å². The molecule has 0 saturated heterocycles. The van der Waals surface area contributed by atoms with Crippen molar-refractivity contribution in [3.8, 4) is 0 Å². The van der Waals surface area contributed by atoms with Gasteiger partial charge in [0.15, 0.2) is 0 Å². The first-order valence-corrected chi connectivity index (χ1v) is 9.12. The van der Waals surface area contributed by atoms with Gasteiger partial charge in [0, 0.05) is 24.7 Å². The second kappa shape index (κ2) is 6.19. The maximum absolute atomic E-state index is 12.8. The van der Waals surface area contributed by atoms with E-state index in [0.29, 0.717) is 18.8 Å². The third kappa shape index (κ3) is 2.92. The van der Waals surface area contributed by atoms with Crippen LogP contribution in [0.2, 0.25) is 0 Å². The molecule has 0 unspecified atom stereocenters. The number of carbonyl (C=O) groups excluding carboxylic acids is 2. The van der Waals surface area contributed by atoms with Gasteiger partial charge in [0.2, 0.25) is 5.91 Å². The van der Waals surface area contributed by atoms with Crippen molar-refractivity contribution in [3.05, 3.63) is 30.1 Å². The Hall–Kier alpha value is -1.91. The number of carbonyl (C=O) groups is 2. The summed E-state index contributed by atoms with van der Waals surface area (Å²) >= 11 is 0.